The molecule has 15 heavy (non-hydrogen) atoms. The molecule has 0 radical (unpaired) electrons. The lowest BCUT2D eigenvalue weighted by Crippen LogP contribution is -2.10. The fourth-order valence-corrected chi connectivity index (χ4v) is 2.58. The van der Waals surface area contributed by atoms with E-state index in [-0.39, 0.29) is 11.2 Å². The minimum Gasteiger partial charge on any atom is -0.254 e. The summed E-state index contributed by atoms with van der Waals surface area (Å²) >= 11 is 0. The van der Waals surface area contributed by atoms with Gasteiger partial charge in [-0.05, 0) is 36.1 Å². The molecular formula is C12H17FOS. The third-order valence-corrected chi connectivity index (χ3v) is 3.49. The minimum absolute atomic E-state index is 0.190. The molecule has 1 rings (SSSR count). The Balaban J connectivity index is 2.58. The van der Waals surface area contributed by atoms with Gasteiger partial charge in [0.2, 0.25) is 0 Å². The number of rotatable bonds is 3. The Morgan fingerprint density at radius 1 is 1.20 bits per heavy atom. The largest absolute Gasteiger partial charge is 0.254 e. The molecule has 1 aromatic rings. The van der Waals surface area contributed by atoms with Gasteiger partial charge in [-0.3, -0.25) is 4.21 Å². The van der Waals surface area contributed by atoms with E-state index in [1.165, 1.54) is 12.1 Å². The van der Waals surface area contributed by atoms with E-state index in [9.17, 15) is 8.60 Å². The number of hydrogen-bond donors (Lipinski definition) is 0. The molecule has 0 saturated carbocycles. The summed E-state index contributed by atoms with van der Waals surface area (Å²) in [5.74, 6) is 0.348. The molecule has 0 saturated heterocycles. The summed E-state index contributed by atoms with van der Waals surface area (Å²) in [7, 11) is -1.00. The zero-order valence-electron chi connectivity index (χ0n) is 9.42. The second-order valence-corrected chi connectivity index (χ2v) is 6.38. The molecule has 0 aliphatic rings. The van der Waals surface area contributed by atoms with Crippen molar-refractivity contribution in [3.05, 3.63) is 30.1 Å². The van der Waals surface area contributed by atoms with Gasteiger partial charge in [-0.2, -0.15) is 0 Å². The van der Waals surface area contributed by atoms with Gasteiger partial charge in [0.15, 0.2) is 0 Å². The molecule has 0 amide bonds. The molecule has 84 valence electrons. The van der Waals surface area contributed by atoms with Crippen LogP contribution in [0.15, 0.2) is 29.2 Å². The zero-order valence-corrected chi connectivity index (χ0v) is 10.2. The molecule has 0 fully saturated rings. The fraction of sp³-hybridized carbons (Fsp3) is 0.500. The highest BCUT2D eigenvalue weighted by atomic mass is 32.2. The van der Waals surface area contributed by atoms with Crippen LogP contribution in [-0.2, 0) is 10.8 Å². The lowest BCUT2D eigenvalue weighted by Gasteiger charge is -2.17. The highest BCUT2D eigenvalue weighted by Gasteiger charge is 2.13. The molecule has 0 aliphatic carbocycles. The maximum Gasteiger partial charge on any atom is 0.123 e. The summed E-state index contributed by atoms with van der Waals surface area (Å²) in [5, 5.41) is 0. The van der Waals surface area contributed by atoms with Crippen molar-refractivity contribution >= 4 is 10.8 Å². The van der Waals surface area contributed by atoms with Crippen LogP contribution >= 0.6 is 0 Å². The topological polar surface area (TPSA) is 17.1 Å². The molecule has 0 aliphatic heterocycles. The van der Waals surface area contributed by atoms with Crippen molar-refractivity contribution in [2.45, 2.75) is 32.1 Å². The summed E-state index contributed by atoms with van der Waals surface area (Å²) in [5.41, 5.74) is 0.190. The molecule has 0 aromatic heterocycles. The quantitative estimate of drug-likeness (QED) is 0.775. The molecule has 1 unspecified atom stereocenters. The molecular weight excluding hydrogens is 211 g/mol. The Hall–Kier alpha value is -0.700. The fourth-order valence-electron chi connectivity index (χ4n) is 1.10. The summed E-state index contributed by atoms with van der Waals surface area (Å²) in [6.07, 6.45) is 0.900. The summed E-state index contributed by atoms with van der Waals surface area (Å²) < 4.78 is 24.4. The Bertz CT molecular complexity index is 338. The first-order valence-electron chi connectivity index (χ1n) is 5.02. The van der Waals surface area contributed by atoms with E-state index in [1.54, 1.807) is 12.1 Å². The van der Waals surface area contributed by atoms with Crippen LogP contribution in [0.1, 0.15) is 27.2 Å². The molecule has 0 N–H and O–H groups in total. The van der Waals surface area contributed by atoms with Crippen molar-refractivity contribution in [1.29, 1.82) is 0 Å². The Morgan fingerprint density at radius 2 is 1.73 bits per heavy atom. The maximum absolute atomic E-state index is 12.6. The first kappa shape index (κ1) is 12.4. The van der Waals surface area contributed by atoms with E-state index in [0.717, 1.165) is 6.42 Å². The standard InChI is InChI=1S/C12H17FOS/c1-12(2,3)8-9-15(14)11-6-4-10(13)5-7-11/h4-7H,8-9H2,1-3H3. The Morgan fingerprint density at radius 3 is 2.20 bits per heavy atom. The number of benzene rings is 1. The first-order chi connectivity index (χ1) is 6.88. The second-order valence-electron chi connectivity index (χ2n) is 4.81. The SMILES string of the molecule is CC(C)(C)CCS(=O)c1ccc(F)cc1. The van der Waals surface area contributed by atoms with Crippen LogP contribution in [0.25, 0.3) is 0 Å². The van der Waals surface area contributed by atoms with Gasteiger partial charge in [0, 0.05) is 10.6 Å². The third-order valence-electron chi connectivity index (χ3n) is 2.11. The number of halogens is 1. The summed E-state index contributed by atoms with van der Waals surface area (Å²) in [6.45, 7) is 6.36. The van der Waals surface area contributed by atoms with Crippen molar-refractivity contribution in [3.8, 4) is 0 Å². The van der Waals surface area contributed by atoms with E-state index in [4.69, 9.17) is 0 Å². The van der Waals surface area contributed by atoms with Gasteiger partial charge < -0.3 is 0 Å². The van der Waals surface area contributed by atoms with Crippen LogP contribution < -0.4 is 0 Å². The molecule has 1 atom stereocenters. The maximum atomic E-state index is 12.6. The van der Waals surface area contributed by atoms with Crippen molar-refractivity contribution in [2.75, 3.05) is 5.75 Å². The smallest absolute Gasteiger partial charge is 0.123 e. The summed E-state index contributed by atoms with van der Waals surface area (Å²) in [4.78, 5) is 0.709. The normalized spacial score (nSPS) is 13.9. The van der Waals surface area contributed by atoms with Crippen molar-refractivity contribution in [1.82, 2.24) is 0 Å². The van der Waals surface area contributed by atoms with Gasteiger partial charge in [0.05, 0.1) is 10.8 Å². The van der Waals surface area contributed by atoms with Gasteiger partial charge in [-0.15, -0.1) is 0 Å². The average molecular weight is 228 g/mol. The van der Waals surface area contributed by atoms with Gasteiger partial charge in [0.25, 0.3) is 0 Å². The number of hydrogen-bond acceptors (Lipinski definition) is 1. The lowest BCUT2D eigenvalue weighted by atomic mass is 9.94. The molecule has 1 aromatic carbocycles. The third kappa shape index (κ3) is 4.56. The predicted octanol–water partition coefficient (Wildman–Crippen LogP) is 3.37. The molecule has 0 bridgehead atoms. The highest BCUT2D eigenvalue weighted by Crippen LogP contribution is 2.20. The Kier molecular flexibility index (Phi) is 4.03. The van der Waals surface area contributed by atoms with Crippen LogP contribution in [0.4, 0.5) is 4.39 Å². The monoisotopic (exact) mass is 228 g/mol. The Labute approximate surface area is 93.2 Å². The van der Waals surface area contributed by atoms with E-state index >= 15 is 0 Å². The van der Waals surface area contributed by atoms with Gasteiger partial charge in [-0.25, -0.2) is 4.39 Å². The van der Waals surface area contributed by atoms with E-state index < -0.39 is 10.8 Å². The van der Waals surface area contributed by atoms with E-state index in [1.807, 2.05) is 0 Å². The van der Waals surface area contributed by atoms with Crippen LogP contribution in [0.3, 0.4) is 0 Å². The molecule has 1 nitrogen and oxygen atoms in total. The van der Waals surface area contributed by atoms with E-state index in [2.05, 4.69) is 20.8 Å². The lowest BCUT2D eigenvalue weighted by molar-refractivity contribution is 0.400. The van der Waals surface area contributed by atoms with E-state index in [0.29, 0.717) is 10.6 Å². The minimum atomic E-state index is -1.00. The second kappa shape index (κ2) is 4.88. The highest BCUT2D eigenvalue weighted by molar-refractivity contribution is 7.85. The molecule has 0 heterocycles. The van der Waals surface area contributed by atoms with Gasteiger partial charge in [-0.1, -0.05) is 20.8 Å². The predicted molar refractivity (Wildman–Crippen MR) is 61.7 cm³/mol. The van der Waals surface area contributed by atoms with Crippen LogP contribution in [-0.4, -0.2) is 9.96 Å². The van der Waals surface area contributed by atoms with Crippen LogP contribution in [0, 0.1) is 11.2 Å². The van der Waals surface area contributed by atoms with Gasteiger partial charge in [0.1, 0.15) is 5.82 Å². The van der Waals surface area contributed by atoms with Gasteiger partial charge >= 0.3 is 0 Å². The average Bonchev–Trinajstić information content (AvgIpc) is 2.14. The molecule has 3 heteroatoms. The molecule has 0 spiro atoms. The summed E-state index contributed by atoms with van der Waals surface area (Å²) in [6, 6.07) is 5.89. The van der Waals surface area contributed by atoms with Crippen LogP contribution in [0.2, 0.25) is 0 Å². The van der Waals surface area contributed by atoms with Crippen molar-refractivity contribution in [3.63, 3.8) is 0 Å². The van der Waals surface area contributed by atoms with Crippen molar-refractivity contribution in [2.24, 2.45) is 5.41 Å². The first-order valence-corrected chi connectivity index (χ1v) is 6.34. The zero-order chi connectivity index (χ0) is 11.5. The van der Waals surface area contributed by atoms with Crippen LogP contribution in [0.5, 0.6) is 0 Å². The van der Waals surface area contributed by atoms with Crippen molar-refractivity contribution < 1.29 is 8.60 Å².